The number of Topliss-reactive ketones (excluding diaryl/α,β-unsaturated/α-hetero) is 1. The molecular formula is C18H31FO. The van der Waals surface area contributed by atoms with E-state index in [9.17, 15) is 9.18 Å². The maximum absolute atomic E-state index is 13.7. The van der Waals surface area contributed by atoms with E-state index < -0.39 is 6.17 Å². The molecule has 0 aromatic carbocycles. The van der Waals surface area contributed by atoms with Gasteiger partial charge in [0, 0.05) is 5.92 Å². The van der Waals surface area contributed by atoms with E-state index in [1.165, 1.54) is 19.3 Å². The minimum Gasteiger partial charge on any atom is -0.296 e. The molecule has 116 valence electrons. The Hall–Kier alpha value is -0.400. The standard InChI is InChI=1S/C18H31FO/c1-12(2)6-5-7-13(3)14-8-9-15-17(20)16(19)10-11-18(14,15)4/h12-16H,5-11H2,1-4H3/t13-,14-,15?,16-,18-/m1/s1. The van der Waals surface area contributed by atoms with Gasteiger partial charge in [0.25, 0.3) is 0 Å². The second-order valence-electron chi connectivity index (χ2n) is 7.95. The van der Waals surface area contributed by atoms with E-state index >= 15 is 0 Å². The number of fused-ring (bicyclic) bond motifs is 1. The molecule has 5 atom stereocenters. The van der Waals surface area contributed by atoms with Crippen molar-refractivity contribution in [2.75, 3.05) is 0 Å². The summed E-state index contributed by atoms with van der Waals surface area (Å²) in [4.78, 5) is 12.1. The summed E-state index contributed by atoms with van der Waals surface area (Å²) in [6.45, 7) is 9.17. The lowest BCUT2D eigenvalue weighted by Crippen LogP contribution is -2.44. The van der Waals surface area contributed by atoms with Gasteiger partial charge in [-0.15, -0.1) is 0 Å². The van der Waals surface area contributed by atoms with Crippen molar-refractivity contribution >= 4 is 5.78 Å². The number of hydrogen-bond acceptors (Lipinski definition) is 1. The summed E-state index contributed by atoms with van der Waals surface area (Å²) >= 11 is 0. The van der Waals surface area contributed by atoms with Crippen molar-refractivity contribution in [2.24, 2.45) is 29.1 Å². The Morgan fingerprint density at radius 2 is 1.90 bits per heavy atom. The van der Waals surface area contributed by atoms with Gasteiger partial charge in [0.05, 0.1) is 0 Å². The van der Waals surface area contributed by atoms with Crippen LogP contribution in [0.15, 0.2) is 0 Å². The van der Waals surface area contributed by atoms with Crippen LogP contribution in [0, 0.1) is 29.1 Å². The van der Waals surface area contributed by atoms with Crippen molar-refractivity contribution in [1.82, 2.24) is 0 Å². The quantitative estimate of drug-likeness (QED) is 0.679. The molecular weight excluding hydrogens is 251 g/mol. The topological polar surface area (TPSA) is 17.1 Å². The Labute approximate surface area is 123 Å². The molecule has 2 heteroatoms. The molecule has 2 aliphatic rings. The molecule has 2 rings (SSSR count). The van der Waals surface area contributed by atoms with Crippen LogP contribution in [0.25, 0.3) is 0 Å². The summed E-state index contributed by atoms with van der Waals surface area (Å²) < 4.78 is 13.7. The lowest BCUT2D eigenvalue weighted by atomic mass is 9.61. The van der Waals surface area contributed by atoms with E-state index in [0.29, 0.717) is 18.3 Å². The SMILES string of the molecule is CC(C)CCC[C@@H](C)[C@H]1CCC2C(=O)[C@H](F)CC[C@@]21C. The molecule has 0 aromatic rings. The van der Waals surface area contributed by atoms with E-state index in [2.05, 4.69) is 27.7 Å². The van der Waals surface area contributed by atoms with Crippen molar-refractivity contribution in [1.29, 1.82) is 0 Å². The van der Waals surface area contributed by atoms with Gasteiger partial charge in [0.1, 0.15) is 0 Å². The van der Waals surface area contributed by atoms with E-state index in [0.717, 1.165) is 25.2 Å². The molecule has 0 bridgehead atoms. The van der Waals surface area contributed by atoms with E-state index in [4.69, 9.17) is 0 Å². The zero-order valence-electron chi connectivity index (χ0n) is 13.6. The number of alkyl halides is 1. The number of hydrogen-bond donors (Lipinski definition) is 0. The fourth-order valence-corrected chi connectivity index (χ4v) is 4.87. The Kier molecular flexibility index (Phi) is 4.92. The van der Waals surface area contributed by atoms with Gasteiger partial charge in [0.15, 0.2) is 12.0 Å². The second kappa shape index (κ2) is 6.15. The van der Waals surface area contributed by atoms with Gasteiger partial charge < -0.3 is 0 Å². The highest BCUT2D eigenvalue weighted by atomic mass is 19.1. The van der Waals surface area contributed by atoms with Crippen LogP contribution in [0.1, 0.15) is 72.6 Å². The second-order valence-corrected chi connectivity index (χ2v) is 7.95. The molecule has 1 nitrogen and oxygen atoms in total. The van der Waals surface area contributed by atoms with Crippen LogP contribution < -0.4 is 0 Å². The molecule has 0 radical (unpaired) electrons. The summed E-state index contributed by atoms with van der Waals surface area (Å²) in [6, 6.07) is 0. The maximum Gasteiger partial charge on any atom is 0.170 e. The largest absolute Gasteiger partial charge is 0.296 e. The molecule has 0 saturated heterocycles. The summed E-state index contributed by atoms with van der Waals surface area (Å²) in [6.07, 6.45) is 6.09. The van der Waals surface area contributed by atoms with Crippen LogP contribution in [-0.2, 0) is 4.79 Å². The van der Waals surface area contributed by atoms with Crippen molar-refractivity contribution < 1.29 is 9.18 Å². The molecule has 0 aliphatic heterocycles. The van der Waals surface area contributed by atoms with Gasteiger partial charge in [-0.1, -0.05) is 47.0 Å². The van der Waals surface area contributed by atoms with E-state index in [1.807, 2.05) is 0 Å². The smallest absolute Gasteiger partial charge is 0.170 e. The van der Waals surface area contributed by atoms with Crippen molar-refractivity contribution in [2.45, 2.75) is 78.8 Å². The Morgan fingerprint density at radius 3 is 2.55 bits per heavy atom. The molecule has 0 amide bonds. The van der Waals surface area contributed by atoms with Crippen LogP contribution in [0.3, 0.4) is 0 Å². The monoisotopic (exact) mass is 282 g/mol. The molecule has 2 aliphatic carbocycles. The van der Waals surface area contributed by atoms with Gasteiger partial charge in [-0.25, -0.2) is 4.39 Å². The number of halogens is 1. The first-order valence-corrected chi connectivity index (χ1v) is 8.54. The third-order valence-electron chi connectivity index (χ3n) is 6.13. The highest BCUT2D eigenvalue weighted by Crippen LogP contribution is 2.57. The first kappa shape index (κ1) is 16.0. The third kappa shape index (κ3) is 2.94. The molecule has 0 heterocycles. The fraction of sp³-hybridized carbons (Fsp3) is 0.944. The molecule has 0 N–H and O–H groups in total. The third-order valence-corrected chi connectivity index (χ3v) is 6.13. The van der Waals surface area contributed by atoms with Crippen molar-refractivity contribution in [3.05, 3.63) is 0 Å². The highest BCUT2D eigenvalue weighted by Gasteiger charge is 2.54. The molecule has 1 unspecified atom stereocenters. The van der Waals surface area contributed by atoms with Crippen molar-refractivity contribution in [3.8, 4) is 0 Å². The summed E-state index contributed by atoms with van der Waals surface area (Å²) in [5, 5.41) is 0. The minimum absolute atomic E-state index is 0.00352. The first-order valence-electron chi connectivity index (χ1n) is 8.54. The van der Waals surface area contributed by atoms with Gasteiger partial charge in [-0.05, 0) is 48.9 Å². The molecule has 2 saturated carbocycles. The Balaban J connectivity index is 1.98. The average Bonchev–Trinajstić information content (AvgIpc) is 2.72. The van der Waals surface area contributed by atoms with E-state index in [-0.39, 0.29) is 17.1 Å². The van der Waals surface area contributed by atoms with Crippen LogP contribution in [-0.4, -0.2) is 12.0 Å². The highest BCUT2D eigenvalue weighted by molar-refractivity contribution is 5.87. The number of carbonyl (C=O) groups excluding carboxylic acids is 1. The zero-order chi connectivity index (χ0) is 14.9. The van der Waals surface area contributed by atoms with E-state index in [1.54, 1.807) is 0 Å². The lowest BCUT2D eigenvalue weighted by molar-refractivity contribution is -0.136. The molecule has 0 spiro atoms. The van der Waals surface area contributed by atoms with Crippen LogP contribution in [0.2, 0.25) is 0 Å². The predicted molar refractivity (Wildman–Crippen MR) is 81.3 cm³/mol. The molecule has 0 aromatic heterocycles. The lowest BCUT2D eigenvalue weighted by Gasteiger charge is -2.43. The summed E-state index contributed by atoms with van der Waals surface area (Å²) in [7, 11) is 0. The predicted octanol–water partition coefficient (Wildman–Crippen LogP) is 5.18. The van der Waals surface area contributed by atoms with Gasteiger partial charge in [-0.3, -0.25) is 4.79 Å². The Bertz CT molecular complexity index is 351. The maximum atomic E-state index is 13.7. The van der Waals surface area contributed by atoms with Crippen LogP contribution in [0.4, 0.5) is 4.39 Å². The van der Waals surface area contributed by atoms with Gasteiger partial charge in [0.2, 0.25) is 0 Å². The van der Waals surface area contributed by atoms with Gasteiger partial charge >= 0.3 is 0 Å². The molecule has 2 fully saturated rings. The van der Waals surface area contributed by atoms with Crippen molar-refractivity contribution in [3.63, 3.8) is 0 Å². The number of carbonyl (C=O) groups is 1. The summed E-state index contributed by atoms with van der Waals surface area (Å²) in [5.41, 5.74) is 0.0803. The summed E-state index contributed by atoms with van der Waals surface area (Å²) in [5.74, 6) is 1.99. The normalized spacial score (nSPS) is 39.1. The van der Waals surface area contributed by atoms with Crippen LogP contribution in [0.5, 0.6) is 0 Å². The fourth-order valence-electron chi connectivity index (χ4n) is 4.87. The number of ketones is 1. The zero-order valence-corrected chi connectivity index (χ0v) is 13.6. The Morgan fingerprint density at radius 1 is 1.20 bits per heavy atom. The number of rotatable bonds is 5. The van der Waals surface area contributed by atoms with Gasteiger partial charge in [-0.2, -0.15) is 0 Å². The average molecular weight is 282 g/mol. The minimum atomic E-state index is -1.18. The van der Waals surface area contributed by atoms with Crippen LogP contribution >= 0.6 is 0 Å². The molecule has 20 heavy (non-hydrogen) atoms. The first-order chi connectivity index (χ1) is 9.36.